The number of nitriles is 1. The maximum Gasteiger partial charge on any atom is 0.175 e. The van der Waals surface area contributed by atoms with E-state index < -0.39 is 0 Å². The van der Waals surface area contributed by atoms with Crippen molar-refractivity contribution < 1.29 is 9.53 Å². The third kappa shape index (κ3) is 4.82. The van der Waals surface area contributed by atoms with Crippen LogP contribution in [-0.4, -0.2) is 5.78 Å². The molecular formula is C20H19NO2. The summed E-state index contributed by atoms with van der Waals surface area (Å²) in [6.07, 6.45) is 1.61. The number of carbonyl (C=O) groups is 1. The van der Waals surface area contributed by atoms with E-state index in [0.29, 0.717) is 12.4 Å². The van der Waals surface area contributed by atoms with Crippen LogP contribution in [0.5, 0.6) is 5.75 Å². The van der Waals surface area contributed by atoms with Gasteiger partial charge in [-0.2, -0.15) is 5.26 Å². The predicted molar refractivity (Wildman–Crippen MR) is 90.7 cm³/mol. The molecule has 0 atom stereocenters. The molecule has 0 aliphatic rings. The summed E-state index contributed by atoms with van der Waals surface area (Å²) in [5.41, 5.74) is 2.03. The molecule has 0 bridgehead atoms. The van der Waals surface area contributed by atoms with Gasteiger partial charge in [0.1, 0.15) is 18.4 Å². The van der Waals surface area contributed by atoms with E-state index in [9.17, 15) is 4.79 Å². The first-order valence-corrected chi connectivity index (χ1v) is 7.53. The minimum Gasteiger partial charge on any atom is -0.489 e. The van der Waals surface area contributed by atoms with Crippen LogP contribution in [0.1, 0.15) is 25.0 Å². The average molecular weight is 305 g/mol. The van der Waals surface area contributed by atoms with Crippen molar-refractivity contribution in [2.45, 2.75) is 20.5 Å². The molecule has 0 spiro atoms. The summed E-state index contributed by atoms with van der Waals surface area (Å²) in [5, 5.41) is 9.16. The third-order valence-corrected chi connectivity index (χ3v) is 3.33. The van der Waals surface area contributed by atoms with E-state index in [1.807, 2.05) is 60.7 Å². The van der Waals surface area contributed by atoms with E-state index in [-0.39, 0.29) is 17.3 Å². The highest BCUT2D eigenvalue weighted by atomic mass is 16.5. The molecule has 23 heavy (non-hydrogen) atoms. The molecule has 0 heterocycles. The smallest absolute Gasteiger partial charge is 0.175 e. The Labute approximate surface area is 136 Å². The van der Waals surface area contributed by atoms with Crippen molar-refractivity contribution in [1.82, 2.24) is 0 Å². The number of allylic oxidation sites excluding steroid dienone is 1. The number of hydrogen-bond acceptors (Lipinski definition) is 3. The summed E-state index contributed by atoms with van der Waals surface area (Å²) >= 11 is 0. The highest BCUT2D eigenvalue weighted by Gasteiger charge is 2.13. The van der Waals surface area contributed by atoms with Crippen molar-refractivity contribution in [3.63, 3.8) is 0 Å². The van der Waals surface area contributed by atoms with Crippen molar-refractivity contribution in [2.75, 3.05) is 0 Å². The Kier molecular flexibility index (Phi) is 5.71. The fraction of sp³-hybridized carbons (Fsp3) is 0.200. The molecule has 0 fully saturated rings. The second-order valence-corrected chi connectivity index (χ2v) is 5.54. The van der Waals surface area contributed by atoms with Crippen LogP contribution in [0.15, 0.2) is 60.2 Å². The zero-order valence-electron chi connectivity index (χ0n) is 13.3. The second-order valence-electron chi connectivity index (χ2n) is 5.54. The number of benzene rings is 2. The van der Waals surface area contributed by atoms with Crippen LogP contribution >= 0.6 is 0 Å². The molecule has 0 amide bonds. The van der Waals surface area contributed by atoms with Crippen LogP contribution in [0.4, 0.5) is 0 Å². The van der Waals surface area contributed by atoms with Gasteiger partial charge in [-0.3, -0.25) is 4.79 Å². The van der Waals surface area contributed by atoms with Crippen LogP contribution in [0.3, 0.4) is 0 Å². The van der Waals surface area contributed by atoms with E-state index in [1.165, 1.54) is 0 Å². The minimum atomic E-state index is -0.196. The SMILES string of the molecule is CC(C)C(=O)/C(C#N)=C/c1cccc(OCc2ccccc2)c1. The van der Waals surface area contributed by atoms with Gasteiger partial charge in [-0.1, -0.05) is 56.3 Å². The summed E-state index contributed by atoms with van der Waals surface area (Å²) < 4.78 is 5.76. The Hall–Kier alpha value is -2.86. The molecule has 116 valence electrons. The maximum absolute atomic E-state index is 12.0. The normalized spacial score (nSPS) is 11.1. The molecule has 0 aliphatic carbocycles. The van der Waals surface area contributed by atoms with Gasteiger partial charge in [-0.05, 0) is 29.3 Å². The fourth-order valence-electron chi connectivity index (χ4n) is 2.07. The van der Waals surface area contributed by atoms with Crippen molar-refractivity contribution >= 4 is 11.9 Å². The van der Waals surface area contributed by atoms with Gasteiger partial charge in [-0.25, -0.2) is 0 Å². The van der Waals surface area contributed by atoms with Gasteiger partial charge in [0, 0.05) is 5.92 Å². The van der Waals surface area contributed by atoms with Crippen molar-refractivity contribution in [3.8, 4) is 11.8 Å². The Morgan fingerprint density at radius 1 is 1.17 bits per heavy atom. The average Bonchev–Trinajstić information content (AvgIpc) is 2.58. The van der Waals surface area contributed by atoms with Crippen molar-refractivity contribution in [1.29, 1.82) is 5.26 Å². The Morgan fingerprint density at radius 2 is 1.91 bits per heavy atom. The lowest BCUT2D eigenvalue weighted by Crippen LogP contribution is -2.08. The molecule has 2 aromatic rings. The van der Waals surface area contributed by atoms with Crippen molar-refractivity contribution in [3.05, 3.63) is 71.3 Å². The predicted octanol–water partition coefficient (Wildman–Crippen LogP) is 4.40. The summed E-state index contributed by atoms with van der Waals surface area (Å²) in [6.45, 7) is 4.05. The molecule has 0 saturated heterocycles. The highest BCUT2D eigenvalue weighted by molar-refractivity contribution is 6.04. The first-order valence-electron chi connectivity index (χ1n) is 7.53. The van der Waals surface area contributed by atoms with E-state index in [4.69, 9.17) is 10.00 Å². The summed E-state index contributed by atoms with van der Waals surface area (Å²) in [6, 6.07) is 19.3. The van der Waals surface area contributed by atoms with Gasteiger partial charge in [0.2, 0.25) is 0 Å². The van der Waals surface area contributed by atoms with Crippen LogP contribution in [0.2, 0.25) is 0 Å². The molecule has 0 aliphatic heterocycles. The molecule has 0 N–H and O–H groups in total. The standard InChI is InChI=1S/C20H19NO2/c1-15(2)20(22)18(13-21)11-17-9-6-10-19(12-17)23-14-16-7-4-3-5-8-16/h3-12,15H,14H2,1-2H3/b18-11+. The van der Waals surface area contributed by atoms with E-state index in [2.05, 4.69) is 0 Å². The Bertz CT molecular complexity index is 740. The van der Waals surface area contributed by atoms with E-state index in [0.717, 1.165) is 11.1 Å². The largest absolute Gasteiger partial charge is 0.489 e. The number of rotatable bonds is 6. The molecule has 0 aromatic heterocycles. The molecule has 0 unspecified atom stereocenters. The van der Waals surface area contributed by atoms with Crippen LogP contribution in [0, 0.1) is 17.2 Å². The van der Waals surface area contributed by atoms with Gasteiger partial charge in [0.25, 0.3) is 0 Å². The lowest BCUT2D eigenvalue weighted by atomic mass is 10.00. The summed E-state index contributed by atoms with van der Waals surface area (Å²) in [7, 11) is 0. The quantitative estimate of drug-likeness (QED) is 0.587. The number of ketones is 1. The molecule has 3 heteroatoms. The Morgan fingerprint density at radius 3 is 2.57 bits per heavy atom. The number of hydrogen-bond donors (Lipinski definition) is 0. The fourth-order valence-corrected chi connectivity index (χ4v) is 2.07. The third-order valence-electron chi connectivity index (χ3n) is 3.33. The number of ether oxygens (including phenoxy) is 1. The molecule has 0 saturated carbocycles. The Balaban J connectivity index is 2.13. The number of carbonyl (C=O) groups excluding carboxylic acids is 1. The van der Waals surface area contributed by atoms with Crippen LogP contribution in [0.25, 0.3) is 6.08 Å². The zero-order chi connectivity index (χ0) is 16.7. The number of nitrogens with zero attached hydrogens (tertiary/aromatic N) is 1. The molecular weight excluding hydrogens is 286 g/mol. The van der Waals surface area contributed by atoms with Gasteiger partial charge in [0.15, 0.2) is 5.78 Å². The van der Waals surface area contributed by atoms with Crippen LogP contribution in [-0.2, 0) is 11.4 Å². The molecule has 0 radical (unpaired) electrons. The number of Topliss-reactive ketones (excluding diaryl/α,β-unsaturated/α-hetero) is 1. The van der Waals surface area contributed by atoms with Crippen molar-refractivity contribution in [2.24, 2.45) is 5.92 Å². The first-order chi connectivity index (χ1) is 11.1. The van der Waals surface area contributed by atoms with E-state index >= 15 is 0 Å². The van der Waals surface area contributed by atoms with E-state index in [1.54, 1.807) is 19.9 Å². The second kappa shape index (κ2) is 7.95. The van der Waals surface area contributed by atoms with Gasteiger partial charge < -0.3 is 4.74 Å². The summed E-state index contributed by atoms with van der Waals surface area (Å²) in [5.74, 6) is 0.360. The minimum absolute atomic E-state index is 0.150. The van der Waals surface area contributed by atoms with Gasteiger partial charge >= 0.3 is 0 Å². The zero-order valence-corrected chi connectivity index (χ0v) is 13.3. The maximum atomic E-state index is 12.0. The first kappa shape index (κ1) is 16.5. The van der Waals surface area contributed by atoms with Gasteiger partial charge in [-0.15, -0.1) is 0 Å². The molecule has 2 aromatic carbocycles. The molecule has 2 rings (SSSR count). The lowest BCUT2D eigenvalue weighted by Gasteiger charge is -2.07. The summed E-state index contributed by atoms with van der Waals surface area (Å²) in [4.78, 5) is 12.0. The molecule has 3 nitrogen and oxygen atoms in total. The lowest BCUT2D eigenvalue weighted by molar-refractivity contribution is -0.117. The van der Waals surface area contributed by atoms with Gasteiger partial charge in [0.05, 0.1) is 5.57 Å². The monoisotopic (exact) mass is 305 g/mol. The topological polar surface area (TPSA) is 50.1 Å². The van der Waals surface area contributed by atoms with Crippen LogP contribution < -0.4 is 4.74 Å². The highest BCUT2D eigenvalue weighted by Crippen LogP contribution is 2.18.